The van der Waals surface area contributed by atoms with Gasteiger partial charge in [-0.2, -0.15) is 9.65 Å². The van der Waals surface area contributed by atoms with Gasteiger partial charge in [0.1, 0.15) is 23.9 Å². The number of aliphatic imine (C=N–C) groups is 1. The molecule has 1 fully saturated rings. The number of ether oxygens (including phenoxy) is 1. The van der Waals surface area contributed by atoms with Gasteiger partial charge in [0.25, 0.3) is 0 Å². The lowest BCUT2D eigenvalue weighted by atomic mass is 9.86. The molecule has 4 aromatic heterocycles. The summed E-state index contributed by atoms with van der Waals surface area (Å²) in [5, 5.41) is 12.8. The number of amidine groups is 1. The van der Waals surface area contributed by atoms with Crippen LogP contribution in [-0.4, -0.2) is 34.8 Å². The molecule has 0 spiro atoms. The molecule has 5 heterocycles. The highest BCUT2D eigenvalue weighted by Gasteiger charge is 2.66. The fraction of sp³-hybridized carbons (Fsp3) is 0.292. The number of hydrogen-bond acceptors (Lipinski definition) is 12. The number of rotatable bonds is 7. The van der Waals surface area contributed by atoms with Crippen molar-refractivity contribution >= 4 is 39.5 Å². The van der Waals surface area contributed by atoms with E-state index in [0.29, 0.717) is 51.3 Å². The van der Waals surface area contributed by atoms with E-state index >= 15 is 4.39 Å². The van der Waals surface area contributed by atoms with Gasteiger partial charge in [-0.15, -0.1) is 0 Å². The molecule has 1 saturated carbocycles. The number of nitrogens with zero attached hydrogens (tertiary/aromatic N) is 7. The first-order chi connectivity index (χ1) is 17.9. The average molecular weight is 518 g/mol. The normalized spacial score (nSPS) is 24.1. The Morgan fingerprint density at radius 2 is 2.16 bits per heavy atom. The molecular formula is C24H20FN9O2S. The summed E-state index contributed by atoms with van der Waals surface area (Å²) >= 11 is 1.40. The van der Waals surface area contributed by atoms with Crippen molar-refractivity contribution in [3.05, 3.63) is 60.7 Å². The van der Waals surface area contributed by atoms with Crippen LogP contribution in [0.4, 0.5) is 15.9 Å². The summed E-state index contributed by atoms with van der Waals surface area (Å²) in [6.07, 6.45) is 8.39. The van der Waals surface area contributed by atoms with Crippen LogP contribution in [0.3, 0.4) is 0 Å². The number of oxazole rings is 1. The van der Waals surface area contributed by atoms with Gasteiger partial charge >= 0.3 is 0 Å². The molecule has 0 saturated heterocycles. The molecular weight excluding hydrogens is 497 g/mol. The van der Waals surface area contributed by atoms with Crippen molar-refractivity contribution in [3.8, 4) is 11.8 Å². The van der Waals surface area contributed by atoms with E-state index in [4.69, 9.17) is 14.9 Å². The summed E-state index contributed by atoms with van der Waals surface area (Å²) in [4.78, 5) is 25.7. The van der Waals surface area contributed by atoms with Gasteiger partial charge in [-0.05, 0) is 19.4 Å². The number of nitriles is 1. The van der Waals surface area contributed by atoms with Gasteiger partial charge in [0.15, 0.2) is 17.6 Å². The van der Waals surface area contributed by atoms with Crippen molar-refractivity contribution in [3.63, 3.8) is 0 Å². The third kappa shape index (κ3) is 4.09. The molecule has 0 bridgehead atoms. The van der Waals surface area contributed by atoms with Crippen LogP contribution < -0.4 is 15.8 Å². The second-order valence-corrected chi connectivity index (χ2v) is 10.5. The zero-order valence-corrected chi connectivity index (χ0v) is 20.4. The first kappa shape index (κ1) is 23.1. The minimum atomic E-state index is -0.942. The van der Waals surface area contributed by atoms with Crippen molar-refractivity contribution in [2.24, 2.45) is 16.6 Å². The van der Waals surface area contributed by atoms with E-state index in [0.717, 1.165) is 6.42 Å². The number of aromatic nitrogens is 5. The van der Waals surface area contributed by atoms with Crippen LogP contribution in [0.5, 0.6) is 5.75 Å². The third-order valence-electron chi connectivity index (χ3n) is 6.67. The van der Waals surface area contributed by atoms with Gasteiger partial charge in [0.2, 0.25) is 11.8 Å². The van der Waals surface area contributed by atoms with E-state index in [9.17, 15) is 5.26 Å². The summed E-state index contributed by atoms with van der Waals surface area (Å²) in [5.41, 5.74) is 7.02. The van der Waals surface area contributed by atoms with Crippen molar-refractivity contribution in [2.75, 3.05) is 5.32 Å². The molecule has 37 heavy (non-hydrogen) atoms. The Kier molecular flexibility index (Phi) is 5.41. The smallest absolute Gasteiger partial charge is 0.232 e. The molecule has 186 valence electrons. The van der Waals surface area contributed by atoms with E-state index in [1.165, 1.54) is 30.5 Å². The summed E-state index contributed by atoms with van der Waals surface area (Å²) in [6.45, 7) is 2.00. The standard InChI is InChI=1S/C24H20FN9O2S/c1-23(17-8-24(17,2-3-26)37-22(27)34-23)15-6-13(9-30-20(15)25)33-21-19-16(31-12-32-21)7-14(10-29-19)36-11-18-28-4-5-35-18/h4-7,9-10,12,17H,2,8,11H2,1H3,(H2,27,34)(H,31,32,33)/t17-,23+,24-/m0/s1. The molecule has 0 radical (unpaired) electrons. The molecule has 3 N–H and O–H groups in total. The molecule has 1 aliphatic heterocycles. The maximum absolute atomic E-state index is 15.1. The molecule has 4 aromatic rings. The number of anilines is 2. The third-order valence-corrected chi connectivity index (χ3v) is 7.98. The van der Waals surface area contributed by atoms with Gasteiger partial charge in [-0.3, -0.25) is 4.99 Å². The van der Waals surface area contributed by atoms with Crippen LogP contribution >= 0.6 is 11.8 Å². The summed E-state index contributed by atoms with van der Waals surface area (Å²) in [6, 6.07) is 5.62. The zero-order valence-electron chi connectivity index (χ0n) is 19.6. The number of nitrogens with one attached hydrogen (secondary N) is 1. The summed E-state index contributed by atoms with van der Waals surface area (Å²) in [7, 11) is 0. The van der Waals surface area contributed by atoms with Gasteiger partial charge in [-0.25, -0.2) is 24.9 Å². The van der Waals surface area contributed by atoms with Crippen LogP contribution in [0, 0.1) is 23.2 Å². The maximum Gasteiger partial charge on any atom is 0.232 e. The number of fused-ring (bicyclic) bond motifs is 2. The fourth-order valence-electron chi connectivity index (χ4n) is 4.83. The van der Waals surface area contributed by atoms with Crippen molar-refractivity contribution in [1.82, 2.24) is 24.9 Å². The monoisotopic (exact) mass is 517 g/mol. The second-order valence-electron chi connectivity index (χ2n) is 9.02. The minimum Gasteiger partial charge on any atom is -0.482 e. The lowest BCUT2D eigenvalue weighted by Crippen LogP contribution is -2.36. The fourth-order valence-corrected chi connectivity index (χ4v) is 6.25. The maximum atomic E-state index is 15.1. The zero-order chi connectivity index (χ0) is 25.6. The molecule has 11 nitrogen and oxygen atoms in total. The summed E-state index contributed by atoms with van der Waals surface area (Å²) < 4.78 is 25.6. The van der Waals surface area contributed by atoms with E-state index < -0.39 is 11.5 Å². The van der Waals surface area contributed by atoms with Crippen molar-refractivity contribution in [2.45, 2.75) is 36.7 Å². The van der Waals surface area contributed by atoms with E-state index in [2.05, 4.69) is 41.3 Å². The molecule has 13 heteroatoms. The Morgan fingerprint density at radius 3 is 2.97 bits per heavy atom. The molecule has 6 rings (SSSR count). The lowest BCUT2D eigenvalue weighted by molar-refractivity contribution is 0.262. The Bertz CT molecular complexity index is 1570. The largest absolute Gasteiger partial charge is 0.482 e. The highest BCUT2D eigenvalue weighted by molar-refractivity contribution is 8.15. The number of halogens is 1. The minimum absolute atomic E-state index is 0.0279. The first-order valence-electron chi connectivity index (χ1n) is 11.4. The van der Waals surface area contributed by atoms with Crippen molar-refractivity contribution < 1.29 is 13.5 Å². The van der Waals surface area contributed by atoms with E-state index in [-0.39, 0.29) is 17.3 Å². The number of nitrogens with two attached hydrogens (primary N) is 1. The Balaban J connectivity index is 1.29. The van der Waals surface area contributed by atoms with Crippen LogP contribution in [0.2, 0.25) is 0 Å². The Morgan fingerprint density at radius 1 is 1.27 bits per heavy atom. The Labute approximate surface area is 214 Å². The molecule has 0 unspecified atom stereocenters. The average Bonchev–Trinajstić information content (AvgIpc) is 3.36. The quantitative estimate of drug-likeness (QED) is 0.343. The number of pyridine rings is 2. The van der Waals surface area contributed by atoms with E-state index in [1.54, 1.807) is 24.5 Å². The highest BCUT2D eigenvalue weighted by atomic mass is 32.2. The molecule has 1 aliphatic carbocycles. The van der Waals surface area contributed by atoms with Gasteiger partial charge in [0.05, 0.1) is 47.8 Å². The van der Waals surface area contributed by atoms with Crippen LogP contribution in [0.25, 0.3) is 11.0 Å². The van der Waals surface area contributed by atoms with Crippen molar-refractivity contribution in [1.29, 1.82) is 5.26 Å². The first-order valence-corrected chi connectivity index (χ1v) is 12.2. The van der Waals surface area contributed by atoms with Crippen LogP contribution in [0.15, 0.2) is 52.7 Å². The Hall–Kier alpha value is -4.31. The predicted octanol–water partition coefficient (Wildman–Crippen LogP) is 3.82. The molecule has 0 aromatic carbocycles. The topological polar surface area (TPSA) is 161 Å². The van der Waals surface area contributed by atoms with Gasteiger partial charge in [-0.1, -0.05) is 11.8 Å². The van der Waals surface area contributed by atoms with E-state index in [1.807, 2.05) is 6.92 Å². The van der Waals surface area contributed by atoms with Crippen LogP contribution in [0.1, 0.15) is 31.2 Å². The lowest BCUT2D eigenvalue weighted by Gasteiger charge is -2.33. The van der Waals surface area contributed by atoms with Crippen LogP contribution in [-0.2, 0) is 12.1 Å². The molecule has 0 amide bonds. The number of thioether (sulfide) groups is 1. The SMILES string of the molecule is C[C@]1(c2cc(Nc3ncnc4cc(OCc5ncco5)cnc34)cnc2F)N=C(N)S[C@@]2(CC#N)C[C@H]21. The second kappa shape index (κ2) is 8.67. The molecule has 2 aliphatic rings. The predicted molar refractivity (Wildman–Crippen MR) is 133 cm³/mol. The van der Waals surface area contributed by atoms with Gasteiger partial charge < -0.3 is 20.2 Å². The molecule has 3 atom stereocenters. The number of hydrogen-bond donors (Lipinski definition) is 2. The highest BCUT2D eigenvalue weighted by Crippen LogP contribution is 2.67. The van der Waals surface area contributed by atoms with Gasteiger partial charge in [0, 0.05) is 22.3 Å². The summed E-state index contributed by atoms with van der Waals surface area (Å²) in [5.74, 6) is 0.691.